The molecule has 0 saturated heterocycles. The van der Waals surface area contributed by atoms with Gasteiger partial charge in [-0.1, -0.05) is 57.7 Å². The molecule has 0 aromatic rings. The topological polar surface area (TPSA) is 60.7 Å². The molecule has 0 amide bonds. The third-order valence-corrected chi connectivity index (χ3v) is 6.37. The number of allylic oxidation sites excluding steroid dienone is 1. The van der Waals surface area contributed by atoms with Crippen molar-refractivity contribution in [1.29, 1.82) is 0 Å². The van der Waals surface area contributed by atoms with Crippen LogP contribution in [0.4, 0.5) is 0 Å². The van der Waals surface area contributed by atoms with Crippen LogP contribution < -0.4 is 0 Å². The first kappa shape index (κ1) is 18.4. The van der Waals surface area contributed by atoms with E-state index in [1.807, 2.05) is 6.08 Å². The van der Waals surface area contributed by atoms with Crippen LogP contribution in [0.3, 0.4) is 0 Å². The van der Waals surface area contributed by atoms with Gasteiger partial charge in [0, 0.05) is 5.92 Å². The van der Waals surface area contributed by atoms with Crippen LogP contribution in [0.25, 0.3) is 0 Å². The molecular weight excluding hydrogens is 288 g/mol. The van der Waals surface area contributed by atoms with E-state index in [9.17, 15) is 15.3 Å². The minimum atomic E-state index is -1.05. The van der Waals surface area contributed by atoms with E-state index >= 15 is 0 Å². The van der Waals surface area contributed by atoms with Crippen LogP contribution in [0.2, 0.25) is 0 Å². The van der Waals surface area contributed by atoms with Crippen LogP contribution in [0, 0.1) is 22.7 Å². The summed E-state index contributed by atoms with van der Waals surface area (Å²) in [6.07, 6.45) is 6.53. The third-order valence-electron chi connectivity index (χ3n) is 6.37. The molecule has 2 aliphatic rings. The highest BCUT2D eigenvalue weighted by Gasteiger charge is 2.58. The van der Waals surface area contributed by atoms with Gasteiger partial charge in [0.15, 0.2) is 0 Å². The van der Waals surface area contributed by atoms with Gasteiger partial charge in [0.2, 0.25) is 0 Å². The molecule has 2 fully saturated rings. The maximum atomic E-state index is 10.7. The molecule has 0 aliphatic heterocycles. The predicted molar refractivity (Wildman–Crippen MR) is 93.8 cm³/mol. The lowest BCUT2D eigenvalue weighted by atomic mass is 9.46. The predicted octanol–water partition coefficient (Wildman–Crippen LogP) is 3.22. The molecule has 0 aromatic carbocycles. The van der Waals surface area contributed by atoms with E-state index in [1.54, 1.807) is 13.0 Å². The van der Waals surface area contributed by atoms with Crippen molar-refractivity contribution in [3.05, 3.63) is 37.0 Å². The van der Waals surface area contributed by atoms with Gasteiger partial charge in [0.1, 0.15) is 0 Å². The zero-order valence-corrected chi connectivity index (χ0v) is 14.9. The van der Waals surface area contributed by atoms with Crippen LogP contribution in [0.1, 0.15) is 47.0 Å². The minimum Gasteiger partial charge on any atom is -0.393 e. The first-order chi connectivity index (χ1) is 10.5. The molecule has 2 rings (SSSR count). The first-order valence-corrected chi connectivity index (χ1v) is 8.55. The summed E-state index contributed by atoms with van der Waals surface area (Å²) in [7, 11) is 0. The summed E-state index contributed by atoms with van der Waals surface area (Å²) in [5.41, 5.74) is -0.573. The van der Waals surface area contributed by atoms with Crippen molar-refractivity contribution in [2.75, 3.05) is 0 Å². The fourth-order valence-corrected chi connectivity index (χ4v) is 5.01. The number of hydrogen-bond acceptors (Lipinski definition) is 3. The van der Waals surface area contributed by atoms with Gasteiger partial charge in [-0.25, -0.2) is 0 Å². The van der Waals surface area contributed by atoms with Crippen LogP contribution >= 0.6 is 0 Å². The van der Waals surface area contributed by atoms with Crippen molar-refractivity contribution in [2.24, 2.45) is 22.7 Å². The second-order valence-electron chi connectivity index (χ2n) is 8.56. The van der Waals surface area contributed by atoms with Crippen LogP contribution in [0.5, 0.6) is 0 Å². The van der Waals surface area contributed by atoms with Gasteiger partial charge in [-0.2, -0.15) is 0 Å². The molecule has 0 radical (unpaired) electrons. The maximum Gasteiger partial charge on any atom is 0.0978 e. The van der Waals surface area contributed by atoms with Gasteiger partial charge >= 0.3 is 0 Å². The lowest BCUT2D eigenvalue weighted by Crippen LogP contribution is -2.59. The number of aliphatic hydroxyl groups excluding tert-OH is 2. The number of hydrogen-bond donors (Lipinski definition) is 3. The lowest BCUT2D eigenvalue weighted by Gasteiger charge is -2.60. The van der Waals surface area contributed by atoms with E-state index in [1.165, 1.54) is 6.08 Å². The van der Waals surface area contributed by atoms with Gasteiger partial charge in [0.25, 0.3) is 0 Å². The third kappa shape index (κ3) is 3.07. The van der Waals surface area contributed by atoms with Crippen molar-refractivity contribution in [2.45, 2.75) is 64.8 Å². The average Bonchev–Trinajstić information content (AvgIpc) is 2.42. The molecule has 0 unspecified atom stereocenters. The molecule has 0 aromatic heterocycles. The van der Waals surface area contributed by atoms with E-state index in [0.29, 0.717) is 6.42 Å². The van der Waals surface area contributed by atoms with Gasteiger partial charge < -0.3 is 15.3 Å². The van der Waals surface area contributed by atoms with Crippen molar-refractivity contribution < 1.29 is 15.3 Å². The summed E-state index contributed by atoms with van der Waals surface area (Å²) in [5, 5.41) is 31.4. The molecule has 0 spiro atoms. The Bertz CT molecular complexity index is 517. The highest BCUT2D eigenvalue weighted by Crippen LogP contribution is 2.61. The molecule has 23 heavy (non-hydrogen) atoms. The summed E-state index contributed by atoms with van der Waals surface area (Å²) in [4.78, 5) is 0. The highest BCUT2D eigenvalue weighted by molar-refractivity contribution is 5.26. The molecule has 0 bridgehead atoms. The van der Waals surface area contributed by atoms with E-state index in [2.05, 4.69) is 33.9 Å². The SMILES string of the molecule is C=C[C@@](C)(O)/C=C/[C@H]1C(=C)C[C@@H](O)[C@H]2C(C)(C)[C@@H](O)CC[C@]12C. The Morgan fingerprint density at radius 2 is 1.87 bits per heavy atom. The maximum absolute atomic E-state index is 10.7. The number of fused-ring (bicyclic) bond motifs is 1. The molecule has 2 aliphatic carbocycles. The van der Waals surface area contributed by atoms with E-state index in [4.69, 9.17) is 0 Å². The summed E-state index contributed by atoms with van der Waals surface area (Å²) in [5.74, 6) is 0.0710. The fourth-order valence-electron chi connectivity index (χ4n) is 5.01. The molecule has 130 valence electrons. The van der Waals surface area contributed by atoms with Crippen molar-refractivity contribution in [1.82, 2.24) is 0 Å². The first-order valence-electron chi connectivity index (χ1n) is 8.55. The Morgan fingerprint density at radius 3 is 2.43 bits per heavy atom. The highest BCUT2D eigenvalue weighted by atomic mass is 16.3. The van der Waals surface area contributed by atoms with Crippen LogP contribution in [0.15, 0.2) is 37.0 Å². The Kier molecular flexibility index (Phi) is 4.71. The van der Waals surface area contributed by atoms with Crippen molar-refractivity contribution >= 4 is 0 Å². The average molecular weight is 320 g/mol. The molecule has 3 N–H and O–H groups in total. The van der Waals surface area contributed by atoms with Crippen molar-refractivity contribution in [3.63, 3.8) is 0 Å². The molecule has 2 saturated carbocycles. The summed E-state index contributed by atoms with van der Waals surface area (Å²) in [6, 6.07) is 0. The molecule has 3 heteroatoms. The Morgan fingerprint density at radius 1 is 1.26 bits per heavy atom. The second kappa shape index (κ2) is 5.87. The molecular formula is C20H32O3. The smallest absolute Gasteiger partial charge is 0.0978 e. The fraction of sp³-hybridized carbons (Fsp3) is 0.700. The van der Waals surface area contributed by atoms with Crippen molar-refractivity contribution in [3.8, 4) is 0 Å². The zero-order chi connectivity index (χ0) is 17.6. The lowest BCUT2D eigenvalue weighted by molar-refractivity contribution is -0.161. The summed E-state index contributed by atoms with van der Waals surface area (Å²) >= 11 is 0. The normalized spacial score (nSPS) is 43.0. The monoisotopic (exact) mass is 320 g/mol. The largest absolute Gasteiger partial charge is 0.393 e. The summed E-state index contributed by atoms with van der Waals surface area (Å²) < 4.78 is 0. The van der Waals surface area contributed by atoms with E-state index in [0.717, 1.165) is 18.4 Å². The van der Waals surface area contributed by atoms with Crippen LogP contribution in [-0.2, 0) is 0 Å². The number of aliphatic hydroxyl groups is 3. The standard InChI is InChI=1S/C20H32O3/c1-7-19(5,23)10-8-14-13(2)12-15(21)17-18(3,4)16(22)9-11-20(14,17)6/h7-8,10,14-17,21-23H,1-2,9,11-12H2,3-6H3/b10-8+/t14-,15+,16-,17-,19+,20+/m0/s1. The van der Waals surface area contributed by atoms with E-state index < -0.39 is 17.8 Å². The van der Waals surface area contributed by atoms with Crippen LogP contribution in [-0.4, -0.2) is 33.1 Å². The van der Waals surface area contributed by atoms with Gasteiger partial charge in [-0.15, -0.1) is 0 Å². The Hall–Kier alpha value is -0.900. The Balaban J connectivity index is 2.44. The zero-order valence-electron chi connectivity index (χ0n) is 14.9. The summed E-state index contributed by atoms with van der Waals surface area (Å²) in [6.45, 7) is 15.9. The van der Waals surface area contributed by atoms with Gasteiger partial charge in [0.05, 0.1) is 17.8 Å². The quantitative estimate of drug-likeness (QED) is 0.700. The van der Waals surface area contributed by atoms with Gasteiger partial charge in [-0.3, -0.25) is 0 Å². The van der Waals surface area contributed by atoms with Gasteiger partial charge in [-0.05, 0) is 42.9 Å². The van der Waals surface area contributed by atoms with E-state index in [-0.39, 0.29) is 22.7 Å². The molecule has 6 atom stereocenters. The second-order valence-corrected chi connectivity index (χ2v) is 8.56. The minimum absolute atomic E-state index is 0.00687. The number of rotatable bonds is 3. The molecule has 0 heterocycles. The Labute approximate surface area is 140 Å². The molecule has 3 nitrogen and oxygen atoms in total.